The van der Waals surface area contributed by atoms with E-state index in [0.29, 0.717) is 5.69 Å². The minimum absolute atomic E-state index is 0.0130. The zero-order valence-corrected chi connectivity index (χ0v) is 17.5. The lowest BCUT2D eigenvalue weighted by Gasteiger charge is -2.34. The molecule has 30 heavy (non-hydrogen) atoms. The van der Waals surface area contributed by atoms with Crippen molar-refractivity contribution in [1.82, 2.24) is 4.90 Å². The second-order valence-electron chi connectivity index (χ2n) is 7.41. The topological polar surface area (TPSA) is 97.3 Å². The Morgan fingerprint density at radius 2 is 1.67 bits per heavy atom. The molecule has 162 valence electrons. The maximum Gasteiger partial charge on any atom is 0.330 e. The van der Waals surface area contributed by atoms with E-state index in [4.69, 9.17) is 9.47 Å². The number of carbonyl (C=O) groups is 3. The Bertz CT molecular complexity index is 789. The SMILES string of the molecule is CCOC(=O)[C@@H]1[C@@H](C(=O)OCC)/C(=N\Nc2ccccc2)C(=O)N1C1CCCCC1. The fourth-order valence-corrected chi connectivity index (χ4v) is 4.16. The Morgan fingerprint density at radius 1 is 1.03 bits per heavy atom. The van der Waals surface area contributed by atoms with E-state index < -0.39 is 29.8 Å². The Labute approximate surface area is 176 Å². The van der Waals surface area contributed by atoms with Crippen LogP contribution in [0.5, 0.6) is 0 Å². The van der Waals surface area contributed by atoms with Gasteiger partial charge in [0.25, 0.3) is 5.91 Å². The van der Waals surface area contributed by atoms with E-state index >= 15 is 0 Å². The maximum absolute atomic E-state index is 13.4. The van der Waals surface area contributed by atoms with Gasteiger partial charge < -0.3 is 14.4 Å². The predicted octanol–water partition coefficient (Wildman–Crippen LogP) is 2.74. The van der Waals surface area contributed by atoms with Crippen LogP contribution in [-0.4, -0.2) is 53.8 Å². The van der Waals surface area contributed by atoms with Crippen LogP contribution in [0.2, 0.25) is 0 Å². The monoisotopic (exact) mass is 415 g/mol. The zero-order valence-electron chi connectivity index (χ0n) is 17.5. The number of nitrogens with one attached hydrogen (secondary N) is 1. The van der Waals surface area contributed by atoms with E-state index in [-0.39, 0.29) is 25.0 Å². The molecule has 0 radical (unpaired) electrons. The molecule has 1 aliphatic carbocycles. The molecule has 8 heteroatoms. The number of benzene rings is 1. The summed E-state index contributed by atoms with van der Waals surface area (Å²) in [6.45, 7) is 3.69. The van der Waals surface area contributed by atoms with Crippen molar-refractivity contribution in [2.24, 2.45) is 11.0 Å². The summed E-state index contributed by atoms with van der Waals surface area (Å²) in [6.07, 6.45) is 4.62. The molecule has 0 unspecified atom stereocenters. The zero-order chi connectivity index (χ0) is 21.5. The Kier molecular flexibility index (Phi) is 7.43. The third-order valence-corrected chi connectivity index (χ3v) is 5.48. The number of anilines is 1. The third kappa shape index (κ3) is 4.63. The van der Waals surface area contributed by atoms with Gasteiger partial charge in [-0.3, -0.25) is 15.0 Å². The van der Waals surface area contributed by atoms with Crippen LogP contribution in [0.15, 0.2) is 35.4 Å². The van der Waals surface area contributed by atoms with Crippen LogP contribution in [0.1, 0.15) is 46.0 Å². The number of para-hydroxylation sites is 1. The van der Waals surface area contributed by atoms with Crippen LogP contribution in [0.4, 0.5) is 5.69 Å². The van der Waals surface area contributed by atoms with Gasteiger partial charge in [0.05, 0.1) is 18.9 Å². The molecular formula is C22H29N3O5. The largest absolute Gasteiger partial charge is 0.465 e. The van der Waals surface area contributed by atoms with Gasteiger partial charge in [-0.25, -0.2) is 4.79 Å². The molecule has 1 amide bonds. The van der Waals surface area contributed by atoms with Crippen LogP contribution in [0, 0.1) is 5.92 Å². The number of amides is 1. The van der Waals surface area contributed by atoms with Crippen molar-refractivity contribution in [2.45, 2.75) is 58.0 Å². The minimum atomic E-state index is -1.13. The van der Waals surface area contributed by atoms with Crippen molar-refractivity contribution in [2.75, 3.05) is 18.6 Å². The summed E-state index contributed by atoms with van der Waals surface area (Å²) in [5, 5.41) is 4.26. The van der Waals surface area contributed by atoms with Crippen molar-refractivity contribution in [3.63, 3.8) is 0 Å². The van der Waals surface area contributed by atoms with E-state index in [1.807, 2.05) is 18.2 Å². The van der Waals surface area contributed by atoms with Crippen LogP contribution >= 0.6 is 0 Å². The average molecular weight is 415 g/mol. The van der Waals surface area contributed by atoms with Crippen molar-refractivity contribution in [1.29, 1.82) is 0 Å². The van der Waals surface area contributed by atoms with Gasteiger partial charge in [0.2, 0.25) is 0 Å². The standard InChI is InChI=1S/C22H29N3O5/c1-3-29-21(27)17-18(24-23-15-11-7-5-8-12-15)20(26)25(16-13-9-6-10-14-16)19(17)22(28)30-4-2/h5,7-8,11-12,16-17,19,23H,3-4,6,9-10,13-14H2,1-2H3/b24-18+/t17-,19-/m0/s1. The highest BCUT2D eigenvalue weighted by molar-refractivity contribution is 6.46. The Balaban J connectivity index is 2.00. The van der Waals surface area contributed by atoms with Gasteiger partial charge in [-0.1, -0.05) is 37.5 Å². The number of esters is 2. The molecule has 3 rings (SSSR count). The normalized spacial score (nSPS) is 23.5. The molecule has 8 nitrogen and oxygen atoms in total. The second-order valence-corrected chi connectivity index (χ2v) is 7.41. The lowest BCUT2D eigenvalue weighted by Crippen LogP contribution is -2.50. The molecule has 1 saturated heterocycles. The average Bonchev–Trinajstić information content (AvgIpc) is 3.06. The van der Waals surface area contributed by atoms with Crippen LogP contribution in [0.25, 0.3) is 0 Å². The number of hydrazone groups is 1. The Hall–Kier alpha value is -2.90. The van der Waals surface area contributed by atoms with E-state index in [2.05, 4.69) is 10.5 Å². The highest BCUT2D eigenvalue weighted by Crippen LogP contribution is 2.34. The molecule has 2 aliphatic rings. The highest BCUT2D eigenvalue weighted by Gasteiger charge is 2.56. The number of ether oxygens (including phenoxy) is 2. The molecule has 1 N–H and O–H groups in total. The first kappa shape index (κ1) is 21.8. The van der Waals surface area contributed by atoms with Gasteiger partial charge in [-0.05, 0) is 38.8 Å². The lowest BCUT2D eigenvalue weighted by atomic mass is 9.92. The predicted molar refractivity (Wildman–Crippen MR) is 112 cm³/mol. The van der Waals surface area contributed by atoms with E-state index in [0.717, 1.165) is 32.1 Å². The summed E-state index contributed by atoms with van der Waals surface area (Å²) in [5.74, 6) is -2.79. The van der Waals surface area contributed by atoms with Crippen LogP contribution in [0.3, 0.4) is 0 Å². The summed E-state index contributed by atoms with van der Waals surface area (Å²) < 4.78 is 10.5. The summed E-state index contributed by atoms with van der Waals surface area (Å²) in [5.41, 5.74) is 3.50. The maximum atomic E-state index is 13.4. The van der Waals surface area contributed by atoms with Gasteiger partial charge in [0.1, 0.15) is 17.7 Å². The van der Waals surface area contributed by atoms with Gasteiger partial charge in [0, 0.05) is 6.04 Å². The minimum Gasteiger partial charge on any atom is -0.465 e. The summed E-state index contributed by atoms with van der Waals surface area (Å²) >= 11 is 0. The van der Waals surface area contributed by atoms with Gasteiger partial charge >= 0.3 is 11.9 Å². The molecule has 1 aliphatic heterocycles. The molecule has 2 atom stereocenters. The van der Waals surface area contributed by atoms with E-state index in [9.17, 15) is 14.4 Å². The van der Waals surface area contributed by atoms with Gasteiger partial charge in [0.15, 0.2) is 0 Å². The van der Waals surface area contributed by atoms with Crippen molar-refractivity contribution in [3.05, 3.63) is 30.3 Å². The first-order valence-corrected chi connectivity index (χ1v) is 10.6. The van der Waals surface area contributed by atoms with Crippen molar-refractivity contribution < 1.29 is 23.9 Å². The molecule has 0 spiro atoms. The first-order chi connectivity index (χ1) is 14.6. The molecule has 1 saturated carbocycles. The quantitative estimate of drug-likeness (QED) is 0.543. The molecule has 2 fully saturated rings. The molecular weight excluding hydrogens is 386 g/mol. The van der Waals surface area contributed by atoms with Crippen molar-refractivity contribution >= 4 is 29.2 Å². The van der Waals surface area contributed by atoms with Gasteiger partial charge in [-0.15, -0.1) is 0 Å². The first-order valence-electron chi connectivity index (χ1n) is 10.6. The second kappa shape index (κ2) is 10.2. The van der Waals surface area contributed by atoms with Crippen molar-refractivity contribution in [3.8, 4) is 0 Å². The van der Waals surface area contributed by atoms with Crippen LogP contribution in [-0.2, 0) is 23.9 Å². The molecule has 1 aromatic carbocycles. The molecule has 0 aromatic heterocycles. The number of nitrogens with zero attached hydrogens (tertiary/aromatic N) is 2. The lowest BCUT2D eigenvalue weighted by molar-refractivity contribution is -0.160. The number of hydrogen-bond donors (Lipinski definition) is 1. The fourth-order valence-electron chi connectivity index (χ4n) is 4.16. The number of likely N-dealkylation sites (tertiary alicyclic amines) is 1. The summed E-state index contributed by atoms with van der Waals surface area (Å²) in [6, 6.07) is 7.93. The fraction of sp³-hybridized carbons (Fsp3) is 0.545. The number of carbonyl (C=O) groups excluding carboxylic acids is 3. The number of rotatable bonds is 7. The molecule has 0 bridgehead atoms. The Morgan fingerprint density at radius 3 is 2.30 bits per heavy atom. The summed E-state index contributed by atoms with van der Waals surface area (Å²) in [7, 11) is 0. The molecule has 1 heterocycles. The van der Waals surface area contributed by atoms with E-state index in [1.54, 1.807) is 26.0 Å². The van der Waals surface area contributed by atoms with Gasteiger partial charge in [-0.2, -0.15) is 5.10 Å². The van der Waals surface area contributed by atoms with Crippen LogP contribution < -0.4 is 5.43 Å². The molecule has 1 aromatic rings. The summed E-state index contributed by atoms with van der Waals surface area (Å²) in [4.78, 5) is 40.6. The highest BCUT2D eigenvalue weighted by atomic mass is 16.5. The smallest absolute Gasteiger partial charge is 0.330 e. The third-order valence-electron chi connectivity index (χ3n) is 5.48. The number of hydrogen-bond acceptors (Lipinski definition) is 7. The van der Waals surface area contributed by atoms with E-state index in [1.165, 1.54) is 4.90 Å².